The van der Waals surface area contributed by atoms with Gasteiger partial charge in [-0.25, -0.2) is 14.5 Å². The Labute approximate surface area is 195 Å². The Morgan fingerprint density at radius 2 is 1.94 bits per heavy atom. The largest absolute Gasteiger partial charge is 0.463 e. The van der Waals surface area contributed by atoms with Crippen LogP contribution >= 0.6 is 27.3 Å². The standard InChI is InChI=1S/C21H18BrN5O4S/c1-21(2,3)31-20(30)26(15-7-8-16-13(10-15)11-23-27(16)19(28)29)18-25-24-17(32-18)12-5-4-6-14(22)9-12/h4-11H,1-3H3,(H,28,29). The molecule has 0 unspecified atom stereocenters. The third-order valence-corrected chi connectivity index (χ3v) is 5.69. The number of rotatable bonds is 3. The molecule has 0 aliphatic rings. The molecular weight excluding hydrogens is 498 g/mol. The molecule has 164 valence electrons. The molecule has 0 saturated heterocycles. The topological polar surface area (TPSA) is 110 Å². The summed E-state index contributed by atoms with van der Waals surface area (Å²) in [5.41, 5.74) is 0.974. The Bertz CT molecular complexity index is 1330. The van der Waals surface area contributed by atoms with E-state index in [4.69, 9.17) is 4.74 Å². The van der Waals surface area contributed by atoms with E-state index >= 15 is 0 Å². The number of carbonyl (C=O) groups excluding carboxylic acids is 1. The molecule has 0 atom stereocenters. The zero-order valence-electron chi connectivity index (χ0n) is 17.3. The van der Waals surface area contributed by atoms with Gasteiger partial charge in [0.05, 0.1) is 17.4 Å². The molecule has 1 N–H and O–H groups in total. The highest BCUT2D eigenvalue weighted by Gasteiger charge is 2.28. The van der Waals surface area contributed by atoms with E-state index < -0.39 is 17.8 Å². The second kappa shape index (κ2) is 8.32. The van der Waals surface area contributed by atoms with Crippen LogP contribution in [0.15, 0.2) is 53.1 Å². The molecule has 2 aromatic carbocycles. The van der Waals surface area contributed by atoms with Crippen molar-refractivity contribution in [3.05, 3.63) is 53.1 Å². The number of anilines is 2. The molecule has 32 heavy (non-hydrogen) atoms. The Hall–Kier alpha value is -3.31. The second-order valence-corrected chi connectivity index (χ2v) is 9.67. The van der Waals surface area contributed by atoms with Gasteiger partial charge in [0.25, 0.3) is 0 Å². The summed E-state index contributed by atoms with van der Waals surface area (Å²) in [6.45, 7) is 5.32. The number of amides is 1. The average molecular weight is 516 g/mol. The van der Waals surface area contributed by atoms with Gasteiger partial charge in [-0.1, -0.05) is 39.4 Å². The van der Waals surface area contributed by atoms with E-state index in [1.165, 1.54) is 22.4 Å². The van der Waals surface area contributed by atoms with Crippen molar-refractivity contribution in [1.29, 1.82) is 0 Å². The van der Waals surface area contributed by atoms with Crippen molar-refractivity contribution in [3.8, 4) is 10.6 Å². The fraction of sp³-hybridized carbons (Fsp3) is 0.190. The van der Waals surface area contributed by atoms with Crippen LogP contribution in [0.5, 0.6) is 0 Å². The van der Waals surface area contributed by atoms with Gasteiger partial charge in [0, 0.05) is 15.4 Å². The number of benzene rings is 2. The molecule has 0 saturated carbocycles. The lowest BCUT2D eigenvalue weighted by Crippen LogP contribution is -2.33. The minimum absolute atomic E-state index is 0.319. The zero-order chi connectivity index (χ0) is 23.0. The van der Waals surface area contributed by atoms with Gasteiger partial charge in [0.2, 0.25) is 5.13 Å². The molecule has 11 heteroatoms. The summed E-state index contributed by atoms with van der Waals surface area (Å²) in [5.74, 6) is 0. The number of hydrogen-bond acceptors (Lipinski definition) is 7. The first-order chi connectivity index (χ1) is 15.1. The van der Waals surface area contributed by atoms with Crippen LogP contribution in [0.3, 0.4) is 0 Å². The van der Waals surface area contributed by atoms with Crippen molar-refractivity contribution < 1.29 is 19.4 Å². The van der Waals surface area contributed by atoms with Crippen molar-refractivity contribution in [3.63, 3.8) is 0 Å². The van der Waals surface area contributed by atoms with Crippen molar-refractivity contribution in [2.45, 2.75) is 26.4 Å². The molecule has 0 aliphatic heterocycles. The molecule has 0 radical (unpaired) electrons. The van der Waals surface area contributed by atoms with Gasteiger partial charge in [-0.2, -0.15) is 9.78 Å². The van der Waals surface area contributed by atoms with E-state index in [1.807, 2.05) is 24.3 Å². The molecule has 0 bridgehead atoms. The van der Waals surface area contributed by atoms with Crippen LogP contribution in [0.25, 0.3) is 21.5 Å². The Kier molecular flexibility index (Phi) is 5.70. The highest BCUT2D eigenvalue weighted by Crippen LogP contribution is 2.36. The smallest absolute Gasteiger partial charge is 0.432 e. The van der Waals surface area contributed by atoms with Gasteiger partial charge in [-0.15, -0.1) is 10.2 Å². The molecule has 2 aromatic heterocycles. The Balaban J connectivity index is 1.79. The first-order valence-corrected chi connectivity index (χ1v) is 11.1. The summed E-state index contributed by atoms with van der Waals surface area (Å²) in [5, 5.41) is 23.1. The lowest BCUT2D eigenvalue weighted by atomic mass is 10.2. The molecule has 2 heterocycles. The van der Waals surface area contributed by atoms with Crippen molar-refractivity contribution in [2.75, 3.05) is 4.90 Å². The molecule has 4 aromatic rings. The number of aromatic nitrogens is 4. The van der Waals surface area contributed by atoms with E-state index in [9.17, 15) is 14.7 Å². The molecule has 4 rings (SSSR count). The van der Waals surface area contributed by atoms with Crippen LogP contribution < -0.4 is 4.90 Å². The quantitative estimate of drug-likeness (QED) is 0.360. The highest BCUT2D eigenvalue weighted by molar-refractivity contribution is 9.10. The number of ether oxygens (including phenoxy) is 1. The molecule has 0 fully saturated rings. The van der Waals surface area contributed by atoms with Crippen molar-refractivity contribution in [2.24, 2.45) is 0 Å². The third-order valence-electron chi connectivity index (χ3n) is 4.24. The summed E-state index contributed by atoms with van der Waals surface area (Å²) in [4.78, 5) is 25.8. The van der Waals surface area contributed by atoms with E-state index in [0.29, 0.717) is 26.7 Å². The Morgan fingerprint density at radius 3 is 2.62 bits per heavy atom. The van der Waals surface area contributed by atoms with Crippen LogP contribution in [0.1, 0.15) is 20.8 Å². The number of halogens is 1. The first kappa shape index (κ1) is 21.9. The van der Waals surface area contributed by atoms with E-state index in [-0.39, 0.29) is 0 Å². The average Bonchev–Trinajstić information content (AvgIpc) is 3.34. The summed E-state index contributed by atoms with van der Waals surface area (Å²) < 4.78 is 7.37. The first-order valence-electron chi connectivity index (χ1n) is 9.46. The van der Waals surface area contributed by atoms with Gasteiger partial charge in [0.1, 0.15) is 10.6 Å². The lowest BCUT2D eigenvalue weighted by Gasteiger charge is -2.25. The molecule has 0 aliphatic carbocycles. The molecule has 9 nitrogen and oxygen atoms in total. The van der Waals surface area contributed by atoms with Gasteiger partial charge in [-0.3, -0.25) is 0 Å². The van der Waals surface area contributed by atoms with E-state index in [0.717, 1.165) is 14.7 Å². The number of carboxylic acid groups (broad SMARTS) is 1. The van der Waals surface area contributed by atoms with Crippen LogP contribution in [0, 0.1) is 0 Å². The van der Waals surface area contributed by atoms with Gasteiger partial charge >= 0.3 is 12.2 Å². The van der Waals surface area contributed by atoms with E-state index in [2.05, 4.69) is 31.2 Å². The molecule has 1 amide bonds. The third kappa shape index (κ3) is 4.48. The second-order valence-electron chi connectivity index (χ2n) is 7.80. The summed E-state index contributed by atoms with van der Waals surface area (Å²) in [6, 6.07) is 12.5. The fourth-order valence-corrected chi connectivity index (χ4v) is 4.21. The number of nitrogens with zero attached hydrogens (tertiary/aromatic N) is 5. The van der Waals surface area contributed by atoms with Gasteiger partial charge < -0.3 is 9.84 Å². The number of carbonyl (C=O) groups is 2. The summed E-state index contributed by atoms with van der Waals surface area (Å²) >= 11 is 4.68. The predicted molar refractivity (Wildman–Crippen MR) is 125 cm³/mol. The lowest BCUT2D eigenvalue weighted by molar-refractivity contribution is 0.0599. The minimum Gasteiger partial charge on any atom is -0.463 e. The van der Waals surface area contributed by atoms with Gasteiger partial charge in [-0.05, 0) is 51.1 Å². The monoisotopic (exact) mass is 515 g/mol. The predicted octanol–water partition coefficient (Wildman–Crippen LogP) is 5.92. The maximum absolute atomic E-state index is 13.1. The van der Waals surface area contributed by atoms with Crippen LogP contribution in [-0.2, 0) is 4.74 Å². The maximum atomic E-state index is 13.1. The fourth-order valence-electron chi connectivity index (χ4n) is 2.96. The molecule has 0 spiro atoms. The summed E-state index contributed by atoms with van der Waals surface area (Å²) in [6.07, 6.45) is -0.397. The minimum atomic E-state index is -1.19. The van der Waals surface area contributed by atoms with Crippen molar-refractivity contribution in [1.82, 2.24) is 20.0 Å². The zero-order valence-corrected chi connectivity index (χ0v) is 19.7. The normalized spacial score (nSPS) is 11.5. The van der Waals surface area contributed by atoms with Crippen LogP contribution in [-0.4, -0.2) is 42.9 Å². The Morgan fingerprint density at radius 1 is 1.16 bits per heavy atom. The SMILES string of the molecule is CC(C)(C)OC(=O)N(c1ccc2c(cnn2C(=O)O)c1)c1nnc(-c2cccc(Br)c2)s1. The van der Waals surface area contributed by atoms with E-state index in [1.54, 1.807) is 39.0 Å². The number of fused-ring (bicyclic) bond motifs is 1. The highest BCUT2D eigenvalue weighted by atomic mass is 79.9. The summed E-state index contributed by atoms with van der Waals surface area (Å²) in [7, 11) is 0. The maximum Gasteiger partial charge on any atom is 0.432 e. The number of hydrogen-bond donors (Lipinski definition) is 1. The van der Waals surface area contributed by atoms with Gasteiger partial charge in [0.15, 0.2) is 0 Å². The van der Waals surface area contributed by atoms with Crippen LogP contribution in [0.2, 0.25) is 0 Å². The molecular formula is C21H18BrN5O4S. The van der Waals surface area contributed by atoms with Crippen molar-refractivity contribution >= 4 is 61.2 Å². The van der Waals surface area contributed by atoms with Crippen LogP contribution in [0.4, 0.5) is 20.4 Å².